The zero-order chi connectivity index (χ0) is 18.9. The fourth-order valence-electron chi connectivity index (χ4n) is 2.35. The van der Waals surface area contributed by atoms with Crippen molar-refractivity contribution in [1.29, 1.82) is 0 Å². The molecule has 6 nitrogen and oxygen atoms in total. The van der Waals surface area contributed by atoms with E-state index in [9.17, 15) is 16.8 Å². The van der Waals surface area contributed by atoms with E-state index < -0.39 is 31.4 Å². The van der Waals surface area contributed by atoms with Crippen molar-refractivity contribution in [3.05, 3.63) is 0 Å². The summed E-state index contributed by atoms with van der Waals surface area (Å²) in [6.45, 7) is 13.2. The highest BCUT2D eigenvalue weighted by Gasteiger charge is 2.38. The van der Waals surface area contributed by atoms with Crippen LogP contribution in [0.4, 0.5) is 0 Å². The Hall–Kier alpha value is -0.180. The van der Waals surface area contributed by atoms with Gasteiger partial charge in [0.05, 0.1) is 30.8 Å². The van der Waals surface area contributed by atoms with Crippen molar-refractivity contribution in [2.45, 2.75) is 66.2 Å². The smallest absolute Gasteiger partial charge is 0.212 e. The molecule has 0 aliphatic rings. The van der Waals surface area contributed by atoms with E-state index in [4.69, 9.17) is 4.74 Å². The van der Waals surface area contributed by atoms with Crippen molar-refractivity contribution in [2.24, 2.45) is 5.41 Å². The van der Waals surface area contributed by atoms with E-state index in [1.54, 1.807) is 20.8 Å². The molecule has 0 unspecified atom stereocenters. The van der Waals surface area contributed by atoms with Gasteiger partial charge in [0.1, 0.15) is 9.84 Å². The van der Waals surface area contributed by atoms with Crippen LogP contribution in [0.1, 0.15) is 48.5 Å². The standard InChI is InChI=1S/C15H33NO5S2/c1-12(14(2,3)4)21-10-13(11-22(8,17)18)16(15(5,6)7)23(9,19)20/h12-13H,10-11H2,1-9H3/t12-,13+/m0/s1. The van der Waals surface area contributed by atoms with Crippen molar-refractivity contribution in [1.82, 2.24) is 4.31 Å². The molecule has 0 saturated carbocycles. The first-order chi connectivity index (χ1) is 9.86. The van der Waals surface area contributed by atoms with E-state index in [-0.39, 0.29) is 23.9 Å². The van der Waals surface area contributed by atoms with Crippen LogP contribution in [0.25, 0.3) is 0 Å². The molecule has 0 rings (SSSR count). The lowest BCUT2D eigenvalue weighted by molar-refractivity contribution is -0.0271. The van der Waals surface area contributed by atoms with Gasteiger partial charge in [-0.05, 0) is 33.1 Å². The van der Waals surface area contributed by atoms with E-state index in [0.29, 0.717) is 0 Å². The number of hydrogen-bond acceptors (Lipinski definition) is 5. The summed E-state index contributed by atoms with van der Waals surface area (Å²) >= 11 is 0. The predicted molar refractivity (Wildman–Crippen MR) is 94.8 cm³/mol. The molecular formula is C15H33NO5S2. The van der Waals surface area contributed by atoms with E-state index in [0.717, 1.165) is 12.5 Å². The summed E-state index contributed by atoms with van der Waals surface area (Å²) in [5, 5.41) is 0. The van der Waals surface area contributed by atoms with Crippen LogP contribution in [0.2, 0.25) is 0 Å². The molecule has 23 heavy (non-hydrogen) atoms. The molecule has 0 heterocycles. The van der Waals surface area contributed by atoms with Gasteiger partial charge in [0, 0.05) is 11.8 Å². The summed E-state index contributed by atoms with van der Waals surface area (Å²) in [6.07, 6.45) is 2.07. The molecular weight excluding hydrogens is 338 g/mol. The number of rotatable bonds is 7. The minimum atomic E-state index is -3.59. The van der Waals surface area contributed by atoms with Gasteiger partial charge in [-0.1, -0.05) is 20.8 Å². The highest BCUT2D eigenvalue weighted by atomic mass is 32.2. The maximum absolute atomic E-state index is 12.2. The average molecular weight is 372 g/mol. The molecule has 0 spiro atoms. The van der Waals surface area contributed by atoms with Gasteiger partial charge in [0.2, 0.25) is 10.0 Å². The van der Waals surface area contributed by atoms with Crippen molar-refractivity contribution in [3.63, 3.8) is 0 Å². The number of sulfonamides is 1. The maximum atomic E-state index is 12.2. The highest BCUT2D eigenvalue weighted by Crippen LogP contribution is 2.25. The fourth-order valence-corrected chi connectivity index (χ4v) is 5.06. The summed E-state index contributed by atoms with van der Waals surface area (Å²) in [6, 6.07) is -0.759. The molecule has 0 aromatic rings. The van der Waals surface area contributed by atoms with Gasteiger partial charge in [0.15, 0.2) is 0 Å². The van der Waals surface area contributed by atoms with E-state index in [2.05, 4.69) is 0 Å². The first kappa shape index (κ1) is 22.8. The van der Waals surface area contributed by atoms with Crippen LogP contribution in [0, 0.1) is 5.41 Å². The second-order valence-electron chi connectivity index (χ2n) is 8.32. The van der Waals surface area contributed by atoms with Gasteiger partial charge < -0.3 is 4.74 Å². The zero-order valence-electron chi connectivity index (χ0n) is 15.9. The van der Waals surface area contributed by atoms with Crippen LogP contribution in [0.5, 0.6) is 0 Å². The predicted octanol–water partition coefficient (Wildman–Crippen LogP) is 1.91. The van der Waals surface area contributed by atoms with Crippen LogP contribution in [-0.2, 0) is 24.6 Å². The SMILES string of the molecule is C[C@H](OC[C@H](CS(C)(=O)=O)N(C(C)(C)C)S(C)(=O)=O)C(C)(C)C. The minimum Gasteiger partial charge on any atom is -0.376 e. The largest absolute Gasteiger partial charge is 0.376 e. The van der Waals surface area contributed by atoms with Crippen molar-refractivity contribution in [3.8, 4) is 0 Å². The van der Waals surface area contributed by atoms with Crippen LogP contribution in [0.3, 0.4) is 0 Å². The van der Waals surface area contributed by atoms with Crippen molar-refractivity contribution < 1.29 is 21.6 Å². The van der Waals surface area contributed by atoms with Gasteiger partial charge in [-0.25, -0.2) is 16.8 Å². The van der Waals surface area contributed by atoms with Crippen LogP contribution >= 0.6 is 0 Å². The molecule has 0 radical (unpaired) electrons. The lowest BCUT2D eigenvalue weighted by Crippen LogP contribution is -2.55. The number of nitrogens with zero attached hydrogens (tertiary/aromatic N) is 1. The Bertz CT molecular complexity index is 582. The average Bonchev–Trinajstić information content (AvgIpc) is 2.17. The van der Waals surface area contributed by atoms with Crippen molar-refractivity contribution in [2.75, 3.05) is 24.9 Å². The van der Waals surface area contributed by atoms with Gasteiger partial charge in [-0.15, -0.1) is 0 Å². The third-order valence-corrected chi connectivity index (χ3v) is 6.15. The van der Waals surface area contributed by atoms with Crippen LogP contribution < -0.4 is 0 Å². The Labute approximate surface area is 142 Å². The highest BCUT2D eigenvalue weighted by molar-refractivity contribution is 7.91. The Morgan fingerprint density at radius 2 is 1.39 bits per heavy atom. The maximum Gasteiger partial charge on any atom is 0.212 e. The summed E-state index contributed by atoms with van der Waals surface area (Å²) in [4.78, 5) is 0. The second-order valence-corrected chi connectivity index (χ2v) is 12.4. The topological polar surface area (TPSA) is 80.8 Å². The summed E-state index contributed by atoms with van der Waals surface area (Å²) in [7, 11) is -6.95. The number of ether oxygens (including phenoxy) is 1. The number of sulfone groups is 1. The molecule has 140 valence electrons. The molecule has 0 aromatic heterocycles. The first-order valence-electron chi connectivity index (χ1n) is 7.64. The van der Waals surface area contributed by atoms with Crippen LogP contribution in [-0.4, -0.2) is 63.7 Å². The molecule has 0 N–H and O–H groups in total. The Morgan fingerprint density at radius 3 is 1.65 bits per heavy atom. The monoisotopic (exact) mass is 371 g/mol. The Kier molecular flexibility index (Phi) is 7.31. The van der Waals surface area contributed by atoms with Gasteiger partial charge >= 0.3 is 0 Å². The molecule has 0 fully saturated rings. The van der Waals surface area contributed by atoms with E-state index in [1.807, 2.05) is 27.7 Å². The number of hydrogen-bond donors (Lipinski definition) is 0. The fraction of sp³-hybridized carbons (Fsp3) is 1.00. The molecule has 0 amide bonds. The molecule has 0 aliphatic heterocycles. The second kappa shape index (κ2) is 7.37. The van der Waals surface area contributed by atoms with E-state index in [1.165, 1.54) is 4.31 Å². The molecule has 0 bridgehead atoms. The Balaban J connectivity index is 5.60. The molecule has 0 aliphatic carbocycles. The normalized spacial score (nSPS) is 17.3. The lowest BCUT2D eigenvalue weighted by atomic mass is 9.90. The summed E-state index contributed by atoms with van der Waals surface area (Å²) < 4.78 is 55.0. The molecule has 2 atom stereocenters. The van der Waals surface area contributed by atoms with Gasteiger partial charge in [0.25, 0.3) is 0 Å². The van der Waals surface area contributed by atoms with Crippen molar-refractivity contribution >= 4 is 19.9 Å². The first-order valence-corrected chi connectivity index (χ1v) is 11.6. The third-order valence-electron chi connectivity index (χ3n) is 3.60. The zero-order valence-corrected chi connectivity index (χ0v) is 17.5. The quantitative estimate of drug-likeness (QED) is 0.683. The summed E-state index contributed by atoms with van der Waals surface area (Å²) in [5.41, 5.74) is -0.857. The van der Waals surface area contributed by atoms with Crippen LogP contribution in [0.15, 0.2) is 0 Å². The molecule has 8 heteroatoms. The lowest BCUT2D eigenvalue weighted by Gasteiger charge is -2.40. The van der Waals surface area contributed by atoms with E-state index >= 15 is 0 Å². The van der Waals surface area contributed by atoms with Gasteiger partial charge in [-0.3, -0.25) is 0 Å². The van der Waals surface area contributed by atoms with Gasteiger partial charge in [-0.2, -0.15) is 4.31 Å². The Morgan fingerprint density at radius 1 is 0.957 bits per heavy atom. The summed E-state index contributed by atoms with van der Waals surface area (Å²) in [5.74, 6) is -0.270. The molecule has 0 saturated heterocycles. The third kappa shape index (κ3) is 8.47. The molecule has 0 aromatic carbocycles. The minimum absolute atomic E-state index is 0.0375.